The van der Waals surface area contributed by atoms with Crippen LogP contribution >= 0.6 is 0 Å². The standard InChI is InChI=1S/C66H54N2/c1-64(2)55-22-10-13-25-62(55)68(63-26-14-11-23-56(63)64)46-32-36-50-49-33-29-42(38-57(49)65(3,4)58(50)41-46)27-28-43-30-34-51-52-35-31-45(67-37-15-17-44-16-5-12-24-61(44)67)40-60(52)66(59(51)39-43)53-20-8-6-18-47(53)48-19-7-9-21-54(48)66/h5-14,16,18-36,38-41,50,58H,15,17,37H2,1-4H3/b28-27+. The molecule has 2 atom stereocenters. The number of hydrogen-bond donors (Lipinski definition) is 0. The molecule has 2 unspecified atom stereocenters. The Balaban J connectivity index is 0.835. The van der Waals surface area contributed by atoms with E-state index in [1.54, 1.807) is 0 Å². The summed E-state index contributed by atoms with van der Waals surface area (Å²) >= 11 is 0. The van der Waals surface area contributed by atoms with E-state index in [0.29, 0.717) is 11.8 Å². The number of rotatable bonds is 4. The van der Waals surface area contributed by atoms with Crippen LogP contribution in [0.4, 0.5) is 22.7 Å². The van der Waals surface area contributed by atoms with Crippen LogP contribution in [0.2, 0.25) is 0 Å². The molecular weight excluding hydrogens is 821 g/mol. The summed E-state index contributed by atoms with van der Waals surface area (Å²) in [5.74, 6) is 0.674. The van der Waals surface area contributed by atoms with Gasteiger partial charge in [-0.25, -0.2) is 0 Å². The van der Waals surface area contributed by atoms with Crippen LogP contribution in [0.3, 0.4) is 0 Å². The van der Waals surface area contributed by atoms with Gasteiger partial charge in [0.15, 0.2) is 0 Å². The smallest absolute Gasteiger partial charge is 0.0726 e. The van der Waals surface area contributed by atoms with E-state index in [4.69, 9.17) is 0 Å². The Morgan fingerprint density at radius 3 is 1.74 bits per heavy atom. The van der Waals surface area contributed by atoms with E-state index in [2.05, 4.69) is 244 Å². The Morgan fingerprint density at radius 2 is 1.04 bits per heavy atom. The largest absolute Gasteiger partial charge is 0.341 e. The van der Waals surface area contributed by atoms with Crippen molar-refractivity contribution in [1.82, 2.24) is 0 Å². The van der Waals surface area contributed by atoms with Crippen molar-refractivity contribution in [2.45, 2.75) is 62.7 Å². The van der Waals surface area contributed by atoms with Crippen molar-refractivity contribution in [2.75, 3.05) is 16.3 Å². The molecule has 2 heteroatoms. The van der Waals surface area contributed by atoms with E-state index in [9.17, 15) is 0 Å². The Hall–Kier alpha value is -7.42. The summed E-state index contributed by atoms with van der Waals surface area (Å²) < 4.78 is 0. The van der Waals surface area contributed by atoms with Gasteiger partial charge in [0.05, 0.1) is 16.8 Å². The van der Waals surface area contributed by atoms with Crippen LogP contribution < -0.4 is 9.80 Å². The molecule has 2 aliphatic heterocycles. The Morgan fingerprint density at radius 1 is 0.500 bits per heavy atom. The van der Waals surface area contributed by atoms with Gasteiger partial charge in [-0.05, 0) is 150 Å². The van der Waals surface area contributed by atoms with Gasteiger partial charge in [-0.3, -0.25) is 0 Å². The summed E-state index contributed by atoms with van der Waals surface area (Å²) in [5.41, 5.74) is 26.3. The highest BCUT2D eigenvalue weighted by Crippen LogP contribution is 2.64. The van der Waals surface area contributed by atoms with Crippen molar-refractivity contribution in [2.24, 2.45) is 5.92 Å². The molecule has 0 bridgehead atoms. The van der Waals surface area contributed by atoms with Crippen molar-refractivity contribution in [3.63, 3.8) is 0 Å². The summed E-state index contributed by atoms with van der Waals surface area (Å²) in [6.07, 6.45) is 14.4. The van der Waals surface area contributed by atoms with Gasteiger partial charge in [0, 0.05) is 34.9 Å². The maximum atomic E-state index is 2.58. The van der Waals surface area contributed by atoms with Crippen molar-refractivity contribution >= 4 is 34.9 Å². The Kier molecular flexibility index (Phi) is 8.35. The number of nitrogens with zero attached hydrogens (tertiary/aromatic N) is 2. The molecule has 4 aliphatic carbocycles. The minimum absolute atomic E-state index is 0.0575. The molecule has 0 N–H and O–H groups in total. The maximum Gasteiger partial charge on any atom is 0.0726 e. The first-order valence-corrected chi connectivity index (χ1v) is 24.8. The van der Waals surface area contributed by atoms with E-state index in [1.165, 1.54) is 112 Å². The fraction of sp³-hybridized carbons (Fsp3) is 0.182. The summed E-state index contributed by atoms with van der Waals surface area (Å²) in [5, 5.41) is 0. The number of fused-ring (bicyclic) bond motifs is 16. The van der Waals surface area contributed by atoms with Gasteiger partial charge in [-0.15, -0.1) is 0 Å². The molecule has 2 nitrogen and oxygen atoms in total. The molecule has 0 amide bonds. The van der Waals surface area contributed by atoms with Crippen molar-refractivity contribution in [3.8, 4) is 22.3 Å². The normalized spacial score (nSPS) is 19.9. The van der Waals surface area contributed by atoms with Crippen LogP contribution in [-0.2, 0) is 22.7 Å². The first-order chi connectivity index (χ1) is 33.2. The molecule has 0 aromatic heterocycles. The van der Waals surface area contributed by atoms with Gasteiger partial charge in [-0.2, -0.15) is 0 Å². The molecule has 2 heterocycles. The second kappa shape index (κ2) is 14.3. The average molecular weight is 875 g/mol. The second-order valence-corrected chi connectivity index (χ2v) is 21.2. The lowest BCUT2D eigenvalue weighted by atomic mass is 9.70. The van der Waals surface area contributed by atoms with Crippen LogP contribution in [0.1, 0.15) is 101 Å². The predicted octanol–water partition coefficient (Wildman–Crippen LogP) is 16.2. The lowest BCUT2D eigenvalue weighted by Crippen LogP contribution is -2.34. The van der Waals surface area contributed by atoms with Crippen LogP contribution in [0.25, 0.3) is 34.4 Å². The molecule has 0 radical (unpaired) electrons. The van der Waals surface area contributed by atoms with Crippen LogP contribution in [-0.4, -0.2) is 6.54 Å². The second-order valence-electron chi connectivity index (χ2n) is 21.2. The minimum Gasteiger partial charge on any atom is -0.341 e. The molecule has 8 aromatic rings. The number of para-hydroxylation sites is 3. The minimum atomic E-state index is -0.421. The van der Waals surface area contributed by atoms with Gasteiger partial charge in [-0.1, -0.05) is 192 Å². The first-order valence-electron chi connectivity index (χ1n) is 24.8. The Bertz CT molecular complexity index is 3440. The summed E-state index contributed by atoms with van der Waals surface area (Å²) in [6, 6.07) is 67.1. The summed E-state index contributed by atoms with van der Waals surface area (Å²) in [7, 11) is 0. The molecule has 0 fully saturated rings. The highest BCUT2D eigenvalue weighted by molar-refractivity contribution is 5.96. The van der Waals surface area contributed by atoms with E-state index >= 15 is 0 Å². The van der Waals surface area contributed by atoms with Gasteiger partial charge < -0.3 is 9.80 Å². The number of aryl methyl sites for hydroxylation is 1. The molecule has 0 saturated heterocycles. The monoisotopic (exact) mass is 874 g/mol. The zero-order valence-corrected chi connectivity index (χ0v) is 39.3. The fourth-order valence-electron chi connectivity index (χ4n) is 13.8. The average Bonchev–Trinajstić information content (AvgIpc) is 3.93. The lowest BCUT2D eigenvalue weighted by molar-refractivity contribution is 0.392. The highest BCUT2D eigenvalue weighted by atomic mass is 15.2. The Labute approximate surface area is 401 Å². The molecule has 1 spiro atoms. The van der Waals surface area contributed by atoms with E-state index in [0.717, 1.165) is 19.4 Å². The zero-order chi connectivity index (χ0) is 45.5. The third-order valence-electron chi connectivity index (χ3n) is 17.1. The van der Waals surface area contributed by atoms with Crippen molar-refractivity contribution in [3.05, 3.63) is 261 Å². The van der Waals surface area contributed by atoms with Gasteiger partial charge in [0.2, 0.25) is 0 Å². The topological polar surface area (TPSA) is 6.48 Å². The predicted molar refractivity (Wildman–Crippen MR) is 284 cm³/mol. The SMILES string of the molecule is CC1(C)c2ccccc2N(C2=CC3C(C=C2)c2ccc(/C=C/c4ccc5c(c4)C4(c6ccccc6-c6ccccc64)c4cc(N6CCCc7ccccc76)ccc4-5)cc2C3(C)C)c2ccccc21. The zero-order valence-electron chi connectivity index (χ0n) is 39.3. The van der Waals surface area contributed by atoms with Gasteiger partial charge >= 0.3 is 0 Å². The summed E-state index contributed by atoms with van der Waals surface area (Å²) in [6.45, 7) is 10.7. The number of benzene rings is 8. The molecule has 8 aromatic carbocycles. The lowest BCUT2D eigenvalue weighted by Gasteiger charge is -2.43. The van der Waals surface area contributed by atoms with Crippen LogP contribution in [0, 0.1) is 5.92 Å². The highest BCUT2D eigenvalue weighted by Gasteiger charge is 2.52. The number of allylic oxidation sites excluding steroid dienone is 3. The van der Waals surface area contributed by atoms with Crippen LogP contribution in [0.15, 0.2) is 200 Å². The molecule has 68 heavy (non-hydrogen) atoms. The number of hydrogen-bond acceptors (Lipinski definition) is 2. The quantitative estimate of drug-likeness (QED) is 0.163. The molecule has 0 saturated carbocycles. The van der Waals surface area contributed by atoms with E-state index < -0.39 is 5.41 Å². The van der Waals surface area contributed by atoms with Crippen molar-refractivity contribution < 1.29 is 0 Å². The molecule has 6 aliphatic rings. The third-order valence-corrected chi connectivity index (χ3v) is 17.1. The first kappa shape index (κ1) is 39.7. The fourth-order valence-corrected chi connectivity index (χ4v) is 13.8. The molecule has 328 valence electrons. The van der Waals surface area contributed by atoms with E-state index in [1.807, 2.05) is 0 Å². The molecular formula is C66H54N2. The van der Waals surface area contributed by atoms with E-state index in [-0.39, 0.29) is 10.8 Å². The van der Waals surface area contributed by atoms with Crippen LogP contribution in [0.5, 0.6) is 0 Å². The number of anilines is 4. The molecule has 14 rings (SSSR count). The summed E-state index contributed by atoms with van der Waals surface area (Å²) in [4.78, 5) is 5.08. The van der Waals surface area contributed by atoms with Crippen molar-refractivity contribution in [1.29, 1.82) is 0 Å². The maximum absolute atomic E-state index is 2.58. The van der Waals surface area contributed by atoms with Gasteiger partial charge in [0.25, 0.3) is 0 Å². The van der Waals surface area contributed by atoms with Gasteiger partial charge in [0.1, 0.15) is 0 Å². The third kappa shape index (κ3) is 5.35.